The lowest BCUT2D eigenvalue weighted by molar-refractivity contribution is -0.134. The van der Waals surface area contributed by atoms with Crippen LogP contribution in [0.25, 0.3) is 16.7 Å². The Morgan fingerprint density at radius 2 is 1.55 bits per heavy atom. The number of fused-ring (bicyclic) bond motifs is 6. The molecule has 0 fully saturated rings. The van der Waals surface area contributed by atoms with E-state index < -0.39 is 17.4 Å². The van der Waals surface area contributed by atoms with Crippen LogP contribution >= 0.6 is 0 Å². The van der Waals surface area contributed by atoms with E-state index in [1.54, 1.807) is 24.3 Å². The summed E-state index contributed by atoms with van der Waals surface area (Å²) in [7, 11) is 0. The minimum atomic E-state index is -1.56. The first kappa shape index (κ1) is 13.0. The van der Waals surface area contributed by atoms with Crippen LogP contribution in [0.15, 0.2) is 54.1 Å². The highest BCUT2D eigenvalue weighted by Gasteiger charge is 2.51. The molecule has 0 spiro atoms. The van der Waals surface area contributed by atoms with Crippen molar-refractivity contribution in [3.05, 3.63) is 65.2 Å². The summed E-state index contributed by atoms with van der Waals surface area (Å²) in [5.41, 5.74) is 1.24. The molecule has 4 rings (SSSR count). The van der Waals surface area contributed by atoms with Crippen molar-refractivity contribution >= 4 is 17.3 Å². The van der Waals surface area contributed by atoms with Gasteiger partial charge in [-0.3, -0.25) is 4.79 Å². The van der Waals surface area contributed by atoms with Gasteiger partial charge in [0.15, 0.2) is 5.78 Å². The SMILES string of the molecule is O=C(O)C1=C2c3ccccc3-c3ccccc3C2(O)CC1=O. The molecule has 4 heteroatoms. The Morgan fingerprint density at radius 3 is 2.23 bits per heavy atom. The fourth-order valence-electron chi connectivity index (χ4n) is 3.58. The Hall–Kier alpha value is -2.72. The van der Waals surface area contributed by atoms with Crippen molar-refractivity contribution in [2.45, 2.75) is 12.0 Å². The maximum Gasteiger partial charge on any atom is 0.339 e. The number of Topliss-reactive ketones (excluding diaryl/α,β-unsaturated/α-hetero) is 1. The summed E-state index contributed by atoms with van der Waals surface area (Å²) in [6, 6.07) is 14.6. The van der Waals surface area contributed by atoms with E-state index in [1.165, 1.54) is 0 Å². The van der Waals surface area contributed by atoms with Gasteiger partial charge in [0.25, 0.3) is 0 Å². The van der Waals surface area contributed by atoms with Crippen LogP contribution in [-0.2, 0) is 15.2 Å². The average molecular weight is 292 g/mol. The second-order valence-electron chi connectivity index (χ2n) is 5.61. The summed E-state index contributed by atoms with van der Waals surface area (Å²) in [5, 5.41) is 20.6. The Balaban J connectivity index is 2.19. The molecular weight excluding hydrogens is 280 g/mol. The van der Waals surface area contributed by atoms with E-state index in [2.05, 4.69) is 0 Å². The van der Waals surface area contributed by atoms with Gasteiger partial charge in [-0.25, -0.2) is 4.79 Å². The van der Waals surface area contributed by atoms with E-state index in [4.69, 9.17) is 0 Å². The summed E-state index contributed by atoms with van der Waals surface area (Å²) in [4.78, 5) is 23.7. The van der Waals surface area contributed by atoms with Crippen LogP contribution in [0.5, 0.6) is 0 Å². The van der Waals surface area contributed by atoms with Crippen LogP contribution < -0.4 is 0 Å². The largest absolute Gasteiger partial charge is 0.478 e. The lowest BCUT2D eigenvalue weighted by atomic mass is 9.73. The van der Waals surface area contributed by atoms with E-state index in [1.807, 2.05) is 24.3 Å². The highest BCUT2D eigenvalue weighted by atomic mass is 16.4. The topological polar surface area (TPSA) is 74.6 Å². The third-order valence-corrected chi connectivity index (χ3v) is 4.43. The van der Waals surface area contributed by atoms with Crippen LogP contribution in [0.1, 0.15) is 17.5 Å². The monoisotopic (exact) mass is 292 g/mol. The summed E-state index contributed by atoms with van der Waals surface area (Å²) in [6.45, 7) is 0. The number of carboxylic acids is 1. The zero-order valence-electron chi connectivity index (χ0n) is 11.5. The molecule has 0 saturated carbocycles. The van der Waals surface area contributed by atoms with Crippen molar-refractivity contribution in [1.82, 2.24) is 0 Å². The molecule has 4 nitrogen and oxygen atoms in total. The van der Waals surface area contributed by atoms with E-state index >= 15 is 0 Å². The molecule has 1 unspecified atom stereocenters. The Bertz CT molecular complexity index is 878. The minimum absolute atomic E-state index is 0.222. The standard InChI is InChI=1S/C18H12O4/c19-14-9-18(22)13-8-4-3-6-11(13)10-5-1-2-7-12(10)16(18)15(14)17(20)21/h1-8,22H,9H2,(H,20,21). The Morgan fingerprint density at radius 1 is 0.955 bits per heavy atom. The van der Waals surface area contributed by atoms with Gasteiger partial charge in [-0.05, 0) is 22.3 Å². The van der Waals surface area contributed by atoms with E-state index in [-0.39, 0.29) is 17.6 Å². The molecule has 2 N–H and O–H groups in total. The number of benzene rings is 2. The Labute approximate surface area is 126 Å². The van der Waals surface area contributed by atoms with E-state index in [9.17, 15) is 19.8 Å². The summed E-state index contributed by atoms with van der Waals surface area (Å²) in [5.74, 6) is -1.82. The summed E-state index contributed by atoms with van der Waals surface area (Å²) in [6.07, 6.45) is -0.227. The van der Waals surface area contributed by atoms with Gasteiger partial charge >= 0.3 is 5.97 Å². The number of rotatable bonds is 1. The highest BCUT2D eigenvalue weighted by molar-refractivity contribution is 6.27. The maximum atomic E-state index is 12.2. The van der Waals surface area contributed by atoms with Gasteiger partial charge in [-0.2, -0.15) is 0 Å². The van der Waals surface area contributed by atoms with Gasteiger partial charge in [0, 0.05) is 12.0 Å². The number of carbonyl (C=O) groups is 2. The lowest BCUT2D eigenvalue weighted by Gasteiger charge is -2.34. The Kier molecular flexibility index (Phi) is 2.45. The number of carboxylic acid groups (broad SMARTS) is 1. The second-order valence-corrected chi connectivity index (χ2v) is 5.61. The average Bonchev–Trinajstić information content (AvgIpc) is 2.79. The van der Waals surface area contributed by atoms with Gasteiger partial charge < -0.3 is 10.2 Å². The molecule has 0 aliphatic heterocycles. The molecule has 2 aliphatic rings. The maximum absolute atomic E-state index is 12.2. The number of hydrogen-bond donors (Lipinski definition) is 2. The van der Waals surface area contributed by atoms with E-state index in [0.717, 1.165) is 11.1 Å². The fourth-order valence-corrected chi connectivity index (χ4v) is 3.58. The van der Waals surface area contributed by atoms with Gasteiger partial charge in [0.2, 0.25) is 0 Å². The smallest absolute Gasteiger partial charge is 0.339 e. The number of aliphatic hydroxyl groups is 1. The molecule has 2 aromatic carbocycles. The molecule has 108 valence electrons. The van der Waals surface area contributed by atoms with Crippen molar-refractivity contribution in [2.75, 3.05) is 0 Å². The molecule has 2 aromatic rings. The predicted octanol–water partition coefficient (Wildman–Crippen LogP) is 2.37. The molecular formula is C18H12O4. The molecule has 0 amide bonds. The molecule has 0 radical (unpaired) electrons. The van der Waals surface area contributed by atoms with Crippen LogP contribution in [0.3, 0.4) is 0 Å². The van der Waals surface area contributed by atoms with Crippen molar-refractivity contribution in [3.63, 3.8) is 0 Å². The predicted molar refractivity (Wildman–Crippen MR) is 80.0 cm³/mol. The van der Waals surface area contributed by atoms with Crippen molar-refractivity contribution in [1.29, 1.82) is 0 Å². The molecule has 0 saturated heterocycles. The zero-order valence-corrected chi connectivity index (χ0v) is 11.5. The molecule has 0 aromatic heterocycles. The molecule has 0 bridgehead atoms. The molecule has 1 atom stereocenters. The molecule has 2 aliphatic carbocycles. The minimum Gasteiger partial charge on any atom is -0.478 e. The molecule has 0 heterocycles. The van der Waals surface area contributed by atoms with Gasteiger partial charge in [0.1, 0.15) is 11.2 Å². The normalized spacial score (nSPS) is 22.1. The van der Waals surface area contributed by atoms with Gasteiger partial charge in [-0.15, -0.1) is 0 Å². The van der Waals surface area contributed by atoms with Crippen molar-refractivity contribution < 1.29 is 19.8 Å². The van der Waals surface area contributed by atoms with Gasteiger partial charge in [0.05, 0.1) is 0 Å². The zero-order chi connectivity index (χ0) is 15.5. The summed E-state index contributed by atoms with van der Waals surface area (Å²) < 4.78 is 0. The van der Waals surface area contributed by atoms with Crippen molar-refractivity contribution in [3.8, 4) is 11.1 Å². The second kappa shape index (κ2) is 4.15. The van der Waals surface area contributed by atoms with Crippen LogP contribution in [0, 0.1) is 0 Å². The third-order valence-electron chi connectivity index (χ3n) is 4.43. The number of carbonyl (C=O) groups excluding carboxylic acids is 1. The molecule has 22 heavy (non-hydrogen) atoms. The van der Waals surface area contributed by atoms with Crippen LogP contribution in [-0.4, -0.2) is 22.0 Å². The number of aliphatic carboxylic acids is 1. The van der Waals surface area contributed by atoms with Crippen LogP contribution in [0.2, 0.25) is 0 Å². The first-order chi connectivity index (χ1) is 10.5. The number of hydrogen-bond acceptors (Lipinski definition) is 3. The third kappa shape index (κ3) is 1.45. The fraction of sp³-hybridized carbons (Fsp3) is 0.111. The quantitative estimate of drug-likeness (QED) is 0.791. The van der Waals surface area contributed by atoms with E-state index in [0.29, 0.717) is 11.1 Å². The van der Waals surface area contributed by atoms with Crippen molar-refractivity contribution in [2.24, 2.45) is 0 Å². The summed E-state index contributed by atoms with van der Waals surface area (Å²) >= 11 is 0. The first-order valence-corrected chi connectivity index (χ1v) is 6.97. The highest BCUT2D eigenvalue weighted by Crippen LogP contribution is 2.55. The lowest BCUT2D eigenvalue weighted by Crippen LogP contribution is -2.29. The first-order valence-electron chi connectivity index (χ1n) is 6.97. The number of ketones is 1. The van der Waals surface area contributed by atoms with Gasteiger partial charge in [-0.1, -0.05) is 48.5 Å². The van der Waals surface area contributed by atoms with Crippen LogP contribution in [0.4, 0.5) is 0 Å².